The first-order chi connectivity index (χ1) is 18.8. The number of likely N-dealkylation sites (tertiary alicyclic amines) is 1. The number of sulfonamides is 1. The standard InChI is InChI=1S/C24H26Cl2F3N7O3S/c1-40(38,39)33-16-6-5-14(25)10-15(16)23(37)35-8-3-2-4-18(35)17-11-21-31-20(26)12-22(36(21)32-17)34-9-7-30-19(13-34)24(27,28)29/h5-6,10-12,18-19,30,33H,2-4,7-9,13H2,1H3. The monoisotopic (exact) mass is 619 g/mol. The van der Waals surface area contributed by atoms with E-state index in [2.05, 4.69) is 20.1 Å². The lowest BCUT2D eigenvalue weighted by molar-refractivity contribution is -0.155. The number of nitrogens with zero attached hydrogens (tertiary/aromatic N) is 5. The Hall–Kier alpha value is -2.81. The molecule has 2 fully saturated rings. The molecule has 2 aliphatic heterocycles. The van der Waals surface area contributed by atoms with Crippen molar-refractivity contribution in [1.82, 2.24) is 24.8 Å². The molecular weight excluding hydrogens is 594 g/mol. The predicted octanol–water partition coefficient (Wildman–Crippen LogP) is 4.12. The zero-order valence-corrected chi connectivity index (χ0v) is 23.6. The number of amides is 1. The number of piperazine rings is 1. The SMILES string of the molecule is CS(=O)(=O)Nc1ccc(Cl)cc1C(=O)N1CCCCC1c1cc2nc(Cl)cc(N3CCNC(C(F)(F)F)C3)n2n1. The molecule has 2 N–H and O–H groups in total. The Morgan fingerprint density at radius 1 is 1.15 bits per heavy atom. The van der Waals surface area contributed by atoms with E-state index in [0.29, 0.717) is 36.7 Å². The lowest BCUT2D eigenvalue weighted by atomic mass is 9.98. The molecule has 2 unspecified atom stereocenters. The lowest BCUT2D eigenvalue weighted by Gasteiger charge is -2.36. The van der Waals surface area contributed by atoms with E-state index in [4.69, 9.17) is 23.2 Å². The number of hydrogen-bond donors (Lipinski definition) is 2. The van der Waals surface area contributed by atoms with Crippen molar-refractivity contribution in [3.63, 3.8) is 0 Å². The van der Waals surface area contributed by atoms with Gasteiger partial charge in [-0.05, 0) is 37.5 Å². The van der Waals surface area contributed by atoms with Crippen molar-refractivity contribution in [3.05, 3.63) is 51.8 Å². The van der Waals surface area contributed by atoms with Crippen LogP contribution in [0.15, 0.2) is 30.3 Å². The van der Waals surface area contributed by atoms with Crippen LogP contribution in [0, 0.1) is 0 Å². The Morgan fingerprint density at radius 2 is 1.93 bits per heavy atom. The van der Waals surface area contributed by atoms with Gasteiger partial charge >= 0.3 is 6.18 Å². The van der Waals surface area contributed by atoms with Gasteiger partial charge in [0.2, 0.25) is 10.0 Å². The number of rotatable bonds is 5. The second-order valence-electron chi connectivity index (χ2n) is 9.84. The van der Waals surface area contributed by atoms with Crippen molar-refractivity contribution < 1.29 is 26.4 Å². The molecule has 0 saturated carbocycles. The maximum absolute atomic E-state index is 13.8. The van der Waals surface area contributed by atoms with Gasteiger partial charge < -0.3 is 15.1 Å². The van der Waals surface area contributed by atoms with E-state index in [1.165, 1.54) is 28.8 Å². The van der Waals surface area contributed by atoms with Crippen LogP contribution in [0.2, 0.25) is 10.2 Å². The van der Waals surface area contributed by atoms with Crippen LogP contribution in [0.4, 0.5) is 24.7 Å². The summed E-state index contributed by atoms with van der Waals surface area (Å²) in [4.78, 5) is 21.3. The summed E-state index contributed by atoms with van der Waals surface area (Å²) in [6.45, 7) is 0.478. The highest BCUT2D eigenvalue weighted by Crippen LogP contribution is 2.35. The molecular formula is C24H26Cl2F3N7O3S. The summed E-state index contributed by atoms with van der Waals surface area (Å²) in [6.07, 6.45) is -1.34. The minimum absolute atomic E-state index is 0.0921. The van der Waals surface area contributed by atoms with Gasteiger partial charge in [-0.1, -0.05) is 23.2 Å². The van der Waals surface area contributed by atoms with E-state index in [1.807, 2.05) is 0 Å². The molecule has 2 atom stereocenters. The van der Waals surface area contributed by atoms with Gasteiger partial charge in [0.1, 0.15) is 17.0 Å². The zero-order chi connectivity index (χ0) is 28.8. The number of aromatic nitrogens is 3. The van der Waals surface area contributed by atoms with E-state index >= 15 is 0 Å². The van der Waals surface area contributed by atoms with Crippen LogP contribution in [-0.4, -0.2) is 78.5 Å². The fourth-order valence-electron chi connectivity index (χ4n) is 5.13. The lowest BCUT2D eigenvalue weighted by Crippen LogP contribution is -2.57. The second kappa shape index (κ2) is 10.9. The molecule has 2 saturated heterocycles. The smallest absolute Gasteiger partial charge is 0.353 e. The van der Waals surface area contributed by atoms with Gasteiger partial charge in [0.25, 0.3) is 5.91 Å². The average molecular weight is 620 g/mol. The number of piperidine rings is 1. The molecule has 0 radical (unpaired) electrons. The number of nitrogens with one attached hydrogen (secondary N) is 2. The third-order valence-corrected chi connectivity index (χ3v) is 7.92. The predicted molar refractivity (Wildman–Crippen MR) is 146 cm³/mol. The van der Waals surface area contributed by atoms with Crippen LogP contribution >= 0.6 is 23.2 Å². The molecule has 5 rings (SSSR count). The Labute approximate surface area is 238 Å². The van der Waals surface area contributed by atoms with E-state index < -0.39 is 34.2 Å². The largest absolute Gasteiger partial charge is 0.405 e. The van der Waals surface area contributed by atoms with E-state index in [9.17, 15) is 26.4 Å². The summed E-state index contributed by atoms with van der Waals surface area (Å²) in [6, 6.07) is 5.26. The number of benzene rings is 1. The Kier molecular flexibility index (Phi) is 7.81. The van der Waals surface area contributed by atoms with Crippen LogP contribution in [0.25, 0.3) is 5.65 Å². The molecule has 2 aliphatic rings. The maximum Gasteiger partial charge on any atom is 0.405 e. The van der Waals surface area contributed by atoms with Crippen molar-refractivity contribution in [1.29, 1.82) is 0 Å². The van der Waals surface area contributed by atoms with Crippen molar-refractivity contribution in [3.8, 4) is 0 Å². The first kappa shape index (κ1) is 28.7. The number of fused-ring (bicyclic) bond motifs is 1. The van der Waals surface area contributed by atoms with E-state index in [-0.39, 0.29) is 34.5 Å². The Bertz CT molecular complexity index is 1550. The molecule has 0 aliphatic carbocycles. The van der Waals surface area contributed by atoms with Crippen LogP contribution in [0.3, 0.4) is 0 Å². The van der Waals surface area contributed by atoms with Crippen LogP contribution in [-0.2, 0) is 10.0 Å². The zero-order valence-electron chi connectivity index (χ0n) is 21.3. The van der Waals surface area contributed by atoms with Crippen LogP contribution in [0.1, 0.15) is 41.4 Å². The number of hydrogen-bond acceptors (Lipinski definition) is 7. The summed E-state index contributed by atoms with van der Waals surface area (Å²) in [7, 11) is -3.67. The van der Waals surface area contributed by atoms with Crippen molar-refractivity contribution in [2.45, 2.75) is 37.5 Å². The number of halogens is 5. The molecule has 1 amide bonds. The van der Waals surface area contributed by atoms with Crippen molar-refractivity contribution in [2.24, 2.45) is 0 Å². The summed E-state index contributed by atoms with van der Waals surface area (Å²) in [5.41, 5.74) is 1.02. The number of alkyl halides is 3. The fourth-order valence-corrected chi connectivity index (χ4v) is 6.06. The molecule has 216 valence electrons. The van der Waals surface area contributed by atoms with Gasteiger partial charge in [-0.2, -0.15) is 22.8 Å². The molecule has 4 heterocycles. The van der Waals surface area contributed by atoms with Crippen molar-refractivity contribution in [2.75, 3.05) is 42.1 Å². The van der Waals surface area contributed by atoms with E-state index in [0.717, 1.165) is 19.1 Å². The first-order valence-electron chi connectivity index (χ1n) is 12.5. The summed E-state index contributed by atoms with van der Waals surface area (Å²) in [5, 5.41) is 7.54. The van der Waals surface area contributed by atoms with Gasteiger partial charge in [-0.3, -0.25) is 9.52 Å². The first-order valence-corrected chi connectivity index (χ1v) is 15.1. The molecule has 10 nitrogen and oxygen atoms in total. The van der Waals surface area contributed by atoms with Crippen molar-refractivity contribution >= 4 is 56.3 Å². The van der Waals surface area contributed by atoms with Gasteiger partial charge in [-0.25, -0.2) is 13.4 Å². The second-order valence-corrected chi connectivity index (χ2v) is 12.4. The quantitative estimate of drug-likeness (QED) is 0.413. The van der Waals surface area contributed by atoms with Crippen LogP contribution < -0.4 is 14.9 Å². The molecule has 16 heteroatoms. The molecule has 3 aromatic rings. The minimum Gasteiger partial charge on any atom is -0.353 e. The highest BCUT2D eigenvalue weighted by Gasteiger charge is 2.42. The minimum atomic E-state index is -4.42. The van der Waals surface area contributed by atoms with Crippen LogP contribution in [0.5, 0.6) is 0 Å². The Morgan fingerprint density at radius 3 is 2.65 bits per heavy atom. The molecule has 40 heavy (non-hydrogen) atoms. The van der Waals surface area contributed by atoms with Gasteiger partial charge in [-0.15, -0.1) is 0 Å². The van der Waals surface area contributed by atoms with Gasteiger partial charge in [0.05, 0.1) is 29.2 Å². The van der Waals surface area contributed by atoms with Gasteiger partial charge in [0.15, 0.2) is 5.65 Å². The topological polar surface area (TPSA) is 112 Å². The summed E-state index contributed by atoms with van der Waals surface area (Å²) in [5.74, 6) is -0.0723. The highest BCUT2D eigenvalue weighted by atomic mass is 35.5. The maximum atomic E-state index is 13.8. The molecule has 0 bridgehead atoms. The number of carbonyl (C=O) groups is 1. The summed E-state index contributed by atoms with van der Waals surface area (Å²) >= 11 is 12.4. The summed E-state index contributed by atoms with van der Waals surface area (Å²) < 4.78 is 68.0. The number of carbonyl (C=O) groups excluding carboxylic acids is 1. The molecule has 2 aromatic heterocycles. The third-order valence-electron chi connectivity index (χ3n) is 6.90. The fraction of sp³-hybridized carbons (Fsp3) is 0.458. The molecule has 1 aromatic carbocycles. The normalized spacial score (nSPS) is 20.6. The van der Waals surface area contributed by atoms with Gasteiger partial charge in [0, 0.05) is 43.3 Å². The van der Waals surface area contributed by atoms with E-state index in [1.54, 1.807) is 15.9 Å². The number of anilines is 2. The highest BCUT2D eigenvalue weighted by molar-refractivity contribution is 7.92. The Balaban J connectivity index is 1.51. The molecule has 0 spiro atoms. The average Bonchev–Trinajstić information content (AvgIpc) is 3.31. The third kappa shape index (κ3) is 6.09.